The minimum absolute atomic E-state index is 0. The molecule has 0 bridgehead atoms. The second kappa shape index (κ2) is 3.73. The molecule has 0 spiro atoms. The van der Waals surface area contributed by atoms with Crippen LogP contribution in [0.2, 0.25) is 0 Å². The van der Waals surface area contributed by atoms with E-state index in [0.717, 1.165) is 18.7 Å². The molecule has 1 aliphatic heterocycles. The first-order chi connectivity index (χ1) is 5.27. The van der Waals surface area contributed by atoms with Gasteiger partial charge in [0, 0.05) is 13.1 Å². The van der Waals surface area contributed by atoms with Gasteiger partial charge in [-0.2, -0.15) is 0 Å². The Morgan fingerprint density at radius 2 is 1.83 bits per heavy atom. The van der Waals surface area contributed by atoms with Gasteiger partial charge in [-0.05, 0) is 39.2 Å². The lowest BCUT2D eigenvalue weighted by atomic mass is 10.1. The van der Waals surface area contributed by atoms with Crippen LogP contribution in [-0.4, -0.2) is 0 Å². The Labute approximate surface area is 84.9 Å². The second-order valence-electron chi connectivity index (χ2n) is 2.64. The fourth-order valence-corrected chi connectivity index (χ4v) is 1.68. The summed E-state index contributed by atoms with van der Waals surface area (Å²) in [6.45, 7) is 1.65. The first kappa shape index (κ1) is 9.96. The van der Waals surface area contributed by atoms with E-state index in [4.69, 9.17) is 0 Å². The predicted molar refractivity (Wildman–Crippen MR) is 51.9 cm³/mol. The Balaban J connectivity index is 0.000000720. The van der Waals surface area contributed by atoms with E-state index in [9.17, 15) is 4.39 Å². The maximum atomic E-state index is 12.9. The Hall–Kier alpha value is -0.120. The molecule has 1 aromatic carbocycles. The van der Waals surface area contributed by atoms with E-state index in [1.807, 2.05) is 6.07 Å². The Morgan fingerprint density at radius 3 is 2.50 bits per heavy atom. The number of halogens is 3. The Kier molecular flexibility index (Phi) is 3.09. The van der Waals surface area contributed by atoms with Crippen LogP contribution < -0.4 is 5.32 Å². The quantitative estimate of drug-likeness (QED) is 0.748. The molecule has 0 aromatic heterocycles. The van der Waals surface area contributed by atoms with Crippen molar-refractivity contribution in [3.8, 4) is 0 Å². The van der Waals surface area contributed by atoms with Crippen molar-refractivity contribution >= 4 is 28.3 Å². The summed E-state index contributed by atoms with van der Waals surface area (Å²) in [5.41, 5.74) is 2.27. The van der Waals surface area contributed by atoms with Gasteiger partial charge < -0.3 is 5.32 Å². The first-order valence-electron chi connectivity index (χ1n) is 3.45. The van der Waals surface area contributed by atoms with E-state index in [-0.39, 0.29) is 18.2 Å². The van der Waals surface area contributed by atoms with Crippen molar-refractivity contribution in [1.82, 2.24) is 5.32 Å². The summed E-state index contributed by atoms with van der Waals surface area (Å²) >= 11 is 3.15. The zero-order valence-electron chi connectivity index (χ0n) is 6.23. The zero-order valence-corrected chi connectivity index (χ0v) is 8.64. The highest BCUT2D eigenvalue weighted by atomic mass is 79.9. The van der Waals surface area contributed by atoms with Crippen LogP contribution in [0.3, 0.4) is 0 Å². The molecule has 1 aliphatic rings. The third kappa shape index (κ3) is 1.63. The van der Waals surface area contributed by atoms with E-state index in [2.05, 4.69) is 21.2 Å². The molecule has 12 heavy (non-hydrogen) atoms. The van der Waals surface area contributed by atoms with Gasteiger partial charge in [-0.1, -0.05) is 0 Å². The topological polar surface area (TPSA) is 12.0 Å². The first-order valence-corrected chi connectivity index (χ1v) is 4.24. The highest BCUT2D eigenvalue weighted by Crippen LogP contribution is 2.23. The minimum Gasteiger partial charge on any atom is -0.309 e. The predicted octanol–water partition coefficient (Wildman–Crippen LogP) is 2.61. The zero-order chi connectivity index (χ0) is 7.84. The van der Waals surface area contributed by atoms with Crippen molar-refractivity contribution in [2.75, 3.05) is 0 Å². The summed E-state index contributed by atoms with van der Waals surface area (Å²) in [4.78, 5) is 0. The summed E-state index contributed by atoms with van der Waals surface area (Å²) < 4.78 is 13.5. The standard InChI is InChI=1S/C8H7BrFN.ClH/c9-7-1-5-3-11-4-6(5)2-8(7)10;/h1-2,11H,3-4H2;1H. The average Bonchev–Trinajstić information content (AvgIpc) is 2.36. The van der Waals surface area contributed by atoms with E-state index in [1.54, 1.807) is 6.07 Å². The van der Waals surface area contributed by atoms with Crippen molar-refractivity contribution in [3.05, 3.63) is 33.5 Å². The highest BCUT2D eigenvalue weighted by molar-refractivity contribution is 9.10. The molecule has 0 saturated carbocycles. The molecular formula is C8H8BrClFN. The molecule has 0 amide bonds. The lowest BCUT2D eigenvalue weighted by Gasteiger charge is -1.98. The van der Waals surface area contributed by atoms with Crippen LogP contribution in [0.15, 0.2) is 16.6 Å². The van der Waals surface area contributed by atoms with Crippen LogP contribution in [0, 0.1) is 5.82 Å². The van der Waals surface area contributed by atoms with Crippen LogP contribution >= 0.6 is 28.3 Å². The monoisotopic (exact) mass is 251 g/mol. The number of nitrogens with one attached hydrogen (secondary N) is 1. The smallest absolute Gasteiger partial charge is 0.137 e. The average molecular weight is 253 g/mol. The SMILES string of the molecule is Cl.Fc1cc2c(cc1Br)CNC2. The fraction of sp³-hybridized carbons (Fsp3) is 0.250. The molecule has 1 N–H and O–H groups in total. The molecule has 66 valence electrons. The third-order valence-corrected chi connectivity index (χ3v) is 2.48. The number of fused-ring (bicyclic) bond motifs is 1. The number of benzene rings is 1. The van der Waals surface area contributed by atoms with Crippen LogP contribution in [0.4, 0.5) is 4.39 Å². The third-order valence-electron chi connectivity index (χ3n) is 1.87. The summed E-state index contributed by atoms with van der Waals surface area (Å²) in [7, 11) is 0. The number of hydrogen-bond donors (Lipinski definition) is 1. The van der Waals surface area contributed by atoms with Crippen LogP contribution in [0.25, 0.3) is 0 Å². The minimum atomic E-state index is -0.174. The molecule has 0 radical (unpaired) electrons. The molecular weight excluding hydrogens is 244 g/mol. The maximum Gasteiger partial charge on any atom is 0.137 e. The molecule has 0 aliphatic carbocycles. The van der Waals surface area contributed by atoms with E-state index in [1.165, 1.54) is 5.56 Å². The van der Waals surface area contributed by atoms with Crippen molar-refractivity contribution in [2.45, 2.75) is 13.1 Å². The van der Waals surface area contributed by atoms with Crippen LogP contribution in [0.1, 0.15) is 11.1 Å². The highest BCUT2D eigenvalue weighted by Gasteiger charge is 2.12. The van der Waals surface area contributed by atoms with Gasteiger partial charge in [-0.25, -0.2) is 4.39 Å². The van der Waals surface area contributed by atoms with E-state index < -0.39 is 0 Å². The molecule has 1 aromatic rings. The van der Waals surface area contributed by atoms with Crippen LogP contribution in [0.5, 0.6) is 0 Å². The molecule has 1 nitrogen and oxygen atoms in total. The second-order valence-corrected chi connectivity index (χ2v) is 3.49. The lowest BCUT2D eigenvalue weighted by molar-refractivity contribution is 0.619. The van der Waals surface area contributed by atoms with Crippen molar-refractivity contribution < 1.29 is 4.39 Å². The normalized spacial score (nSPS) is 13.8. The molecule has 0 saturated heterocycles. The Morgan fingerprint density at radius 1 is 1.25 bits per heavy atom. The van der Waals surface area contributed by atoms with Gasteiger partial charge in [0.1, 0.15) is 5.82 Å². The maximum absolute atomic E-state index is 12.9. The van der Waals surface area contributed by atoms with E-state index >= 15 is 0 Å². The summed E-state index contributed by atoms with van der Waals surface area (Å²) in [6, 6.07) is 3.42. The van der Waals surface area contributed by atoms with Crippen LogP contribution in [-0.2, 0) is 13.1 Å². The van der Waals surface area contributed by atoms with Crippen molar-refractivity contribution in [3.63, 3.8) is 0 Å². The number of rotatable bonds is 0. The molecule has 0 atom stereocenters. The van der Waals surface area contributed by atoms with Gasteiger partial charge in [0.25, 0.3) is 0 Å². The van der Waals surface area contributed by atoms with E-state index in [0.29, 0.717) is 4.47 Å². The molecule has 2 rings (SSSR count). The molecule has 0 fully saturated rings. The molecule has 4 heteroatoms. The van der Waals surface area contributed by atoms with Gasteiger partial charge in [0.15, 0.2) is 0 Å². The fourth-order valence-electron chi connectivity index (χ4n) is 1.29. The Bertz CT molecular complexity index is 274. The van der Waals surface area contributed by atoms with Crippen molar-refractivity contribution in [1.29, 1.82) is 0 Å². The van der Waals surface area contributed by atoms with Crippen molar-refractivity contribution in [2.24, 2.45) is 0 Å². The van der Waals surface area contributed by atoms with Gasteiger partial charge in [0.2, 0.25) is 0 Å². The summed E-state index contributed by atoms with van der Waals surface area (Å²) in [5, 5.41) is 3.15. The van der Waals surface area contributed by atoms with Gasteiger partial charge in [-0.15, -0.1) is 12.4 Å². The van der Waals surface area contributed by atoms with Gasteiger partial charge in [-0.3, -0.25) is 0 Å². The summed E-state index contributed by atoms with van der Waals surface area (Å²) in [6.07, 6.45) is 0. The molecule has 0 unspecified atom stereocenters. The summed E-state index contributed by atoms with van der Waals surface area (Å²) in [5.74, 6) is -0.174. The number of hydrogen-bond acceptors (Lipinski definition) is 1. The molecule has 1 heterocycles. The van der Waals surface area contributed by atoms with Gasteiger partial charge in [0.05, 0.1) is 4.47 Å². The largest absolute Gasteiger partial charge is 0.309 e. The van der Waals surface area contributed by atoms with Gasteiger partial charge >= 0.3 is 0 Å². The lowest BCUT2D eigenvalue weighted by Crippen LogP contribution is -1.99.